The second kappa shape index (κ2) is 4.84. The molecule has 0 saturated heterocycles. The fraction of sp³-hybridized carbons (Fsp3) is 1.00. The van der Waals surface area contributed by atoms with Crippen LogP contribution in [0, 0.1) is 5.41 Å². The van der Waals surface area contributed by atoms with E-state index in [0.717, 1.165) is 6.61 Å². The van der Waals surface area contributed by atoms with Crippen molar-refractivity contribution in [3.63, 3.8) is 0 Å². The van der Waals surface area contributed by atoms with E-state index >= 15 is 0 Å². The van der Waals surface area contributed by atoms with Crippen molar-refractivity contribution in [2.24, 2.45) is 5.41 Å². The van der Waals surface area contributed by atoms with Gasteiger partial charge in [-0.2, -0.15) is 0 Å². The predicted molar refractivity (Wildman–Crippen MR) is 63.0 cm³/mol. The molecule has 2 saturated carbocycles. The molecular weight excluding hydrogens is 186 g/mol. The Morgan fingerprint density at radius 1 is 1.20 bits per heavy atom. The zero-order valence-electron chi connectivity index (χ0n) is 10.2. The molecule has 1 spiro atoms. The van der Waals surface area contributed by atoms with Crippen LogP contribution in [0.2, 0.25) is 0 Å². The van der Waals surface area contributed by atoms with Crippen LogP contribution in [0.3, 0.4) is 0 Å². The number of hydrogen-bond donors (Lipinski definition) is 1. The van der Waals surface area contributed by atoms with Crippen LogP contribution in [0.1, 0.15) is 51.9 Å². The van der Waals surface area contributed by atoms with Gasteiger partial charge in [-0.25, -0.2) is 0 Å². The van der Waals surface area contributed by atoms with Crippen molar-refractivity contribution in [2.45, 2.75) is 64.0 Å². The number of ether oxygens (including phenoxy) is 1. The van der Waals surface area contributed by atoms with Crippen molar-refractivity contribution in [3.05, 3.63) is 0 Å². The van der Waals surface area contributed by atoms with E-state index in [1.165, 1.54) is 44.9 Å². The summed E-state index contributed by atoms with van der Waals surface area (Å²) < 4.78 is 5.92. The Hall–Kier alpha value is -0.0800. The highest BCUT2D eigenvalue weighted by Crippen LogP contribution is 2.52. The maximum Gasteiger partial charge on any atom is 0.0661 e. The van der Waals surface area contributed by atoms with Crippen molar-refractivity contribution in [3.8, 4) is 0 Å². The SMILES string of the molecule is CCOC1CC(NC)C12CCCCCC2. The van der Waals surface area contributed by atoms with Gasteiger partial charge in [0, 0.05) is 18.1 Å². The summed E-state index contributed by atoms with van der Waals surface area (Å²) in [6.45, 7) is 3.00. The van der Waals surface area contributed by atoms with Gasteiger partial charge in [0.25, 0.3) is 0 Å². The Bertz CT molecular complexity index is 197. The third-order valence-electron chi connectivity index (χ3n) is 4.54. The summed E-state index contributed by atoms with van der Waals surface area (Å²) in [7, 11) is 2.11. The van der Waals surface area contributed by atoms with Crippen LogP contribution >= 0.6 is 0 Å². The first-order valence-corrected chi connectivity index (χ1v) is 6.62. The quantitative estimate of drug-likeness (QED) is 0.775. The molecule has 0 radical (unpaired) electrons. The summed E-state index contributed by atoms with van der Waals surface area (Å²) in [4.78, 5) is 0. The molecule has 0 aromatic carbocycles. The molecule has 15 heavy (non-hydrogen) atoms. The van der Waals surface area contributed by atoms with Crippen LogP contribution in [-0.2, 0) is 4.74 Å². The Morgan fingerprint density at radius 3 is 2.40 bits per heavy atom. The smallest absolute Gasteiger partial charge is 0.0661 e. The molecule has 0 bridgehead atoms. The lowest BCUT2D eigenvalue weighted by atomic mass is 9.58. The molecule has 2 nitrogen and oxygen atoms in total. The molecule has 2 rings (SSSR count). The molecule has 1 N–H and O–H groups in total. The van der Waals surface area contributed by atoms with E-state index < -0.39 is 0 Å². The van der Waals surface area contributed by atoms with E-state index in [1.807, 2.05) is 0 Å². The second-order valence-electron chi connectivity index (χ2n) is 5.17. The highest BCUT2D eigenvalue weighted by Gasteiger charge is 2.54. The molecule has 2 heteroatoms. The molecule has 2 atom stereocenters. The number of hydrogen-bond acceptors (Lipinski definition) is 2. The van der Waals surface area contributed by atoms with Gasteiger partial charge in [0.05, 0.1) is 6.10 Å². The summed E-state index contributed by atoms with van der Waals surface area (Å²) >= 11 is 0. The highest BCUT2D eigenvalue weighted by molar-refractivity contribution is 5.07. The predicted octanol–water partition coefficient (Wildman–Crippen LogP) is 2.72. The maximum absolute atomic E-state index is 5.92. The third kappa shape index (κ3) is 1.94. The first-order valence-electron chi connectivity index (χ1n) is 6.62. The topological polar surface area (TPSA) is 21.3 Å². The molecule has 0 aromatic heterocycles. The molecule has 0 amide bonds. The molecule has 88 valence electrons. The first-order chi connectivity index (χ1) is 7.33. The van der Waals surface area contributed by atoms with Crippen LogP contribution < -0.4 is 5.32 Å². The van der Waals surface area contributed by atoms with Crippen LogP contribution in [0.5, 0.6) is 0 Å². The number of nitrogens with one attached hydrogen (secondary N) is 1. The third-order valence-corrected chi connectivity index (χ3v) is 4.54. The van der Waals surface area contributed by atoms with Gasteiger partial charge in [-0.05, 0) is 33.2 Å². The molecule has 0 aromatic rings. The molecule has 0 heterocycles. The van der Waals surface area contributed by atoms with Gasteiger partial charge >= 0.3 is 0 Å². The minimum atomic E-state index is 0.487. The zero-order valence-corrected chi connectivity index (χ0v) is 10.2. The zero-order chi connectivity index (χ0) is 10.7. The van der Waals surface area contributed by atoms with E-state index in [9.17, 15) is 0 Å². The van der Waals surface area contributed by atoms with Gasteiger partial charge in [-0.3, -0.25) is 0 Å². The van der Waals surface area contributed by atoms with Gasteiger partial charge in [-0.1, -0.05) is 25.7 Å². The van der Waals surface area contributed by atoms with Crippen LogP contribution in [0.15, 0.2) is 0 Å². The molecule has 2 fully saturated rings. The van der Waals surface area contributed by atoms with Gasteiger partial charge in [0.2, 0.25) is 0 Å². The van der Waals surface area contributed by atoms with Crippen LogP contribution in [0.25, 0.3) is 0 Å². The fourth-order valence-electron chi connectivity index (χ4n) is 3.65. The summed E-state index contributed by atoms with van der Waals surface area (Å²) in [5, 5.41) is 3.50. The van der Waals surface area contributed by atoms with Gasteiger partial charge in [-0.15, -0.1) is 0 Å². The lowest BCUT2D eigenvalue weighted by Gasteiger charge is -2.55. The van der Waals surface area contributed by atoms with E-state index in [-0.39, 0.29) is 0 Å². The minimum Gasteiger partial charge on any atom is -0.378 e. The molecule has 2 aliphatic rings. The lowest BCUT2D eigenvalue weighted by Crippen LogP contribution is -2.63. The Labute approximate surface area is 93.8 Å². The van der Waals surface area contributed by atoms with Gasteiger partial charge in [0.1, 0.15) is 0 Å². The first kappa shape index (κ1) is 11.4. The monoisotopic (exact) mass is 211 g/mol. The highest BCUT2D eigenvalue weighted by atomic mass is 16.5. The summed E-state index contributed by atoms with van der Waals surface area (Å²) in [6.07, 6.45) is 10.2. The molecule has 2 aliphatic carbocycles. The summed E-state index contributed by atoms with van der Waals surface area (Å²) in [5.41, 5.74) is 0.487. The number of rotatable bonds is 3. The Morgan fingerprint density at radius 2 is 1.87 bits per heavy atom. The summed E-state index contributed by atoms with van der Waals surface area (Å²) in [5.74, 6) is 0. The van der Waals surface area contributed by atoms with Crippen LogP contribution in [0.4, 0.5) is 0 Å². The average Bonchev–Trinajstić information content (AvgIpc) is 2.50. The van der Waals surface area contributed by atoms with Gasteiger partial charge < -0.3 is 10.1 Å². The fourth-order valence-corrected chi connectivity index (χ4v) is 3.65. The Kier molecular flexibility index (Phi) is 3.68. The van der Waals surface area contributed by atoms with E-state index in [2.05, 4.69) is 19.3 Å². The normalized spacial score (nSPS) is 34.8. The van der Waals surface area contributed by atoms with E-state index in [1.54, 1.807) is 0 Å². The van der Waals surface area contributed by atoms with Crippen molar-refractivity contribution in [1.82, 2.24) is 5.32 Å². The largest absolute Gasteiger partial charge is 0.378 e. The maximum atomic E-state index is 5.92. The average molecular weight is 211 g/mol. The van der Waals surface area contributed by atoms with Crippen LogP contribution in [-0.4, -0.2) is 25.8 Å². The van der Waals surface area contributed by atoms with Gasteiger partial charge in [0.15, 0.2) is 0 Å². The van der Waals surface area contributed by atoms with Crippen molar-refractivity contribution < 1.29 is 4.74 Å². The summed E-state index contributed by atoms with van der Waals surface area (Å²) in [6, 6.07) is 0.715. The van der Waals surface area contributed by atoms with E-state index in [4.69, 9.17) is 4.74 Å². The van der Waals surface area contributed by atoms with Crippen molar-refractivity contribution in [2.75, 3.05) is 13.7 Å². The molecule has 0 aliphatic heterocycles. The van der Waals surface area contributed by atoms with Crippen molar-refractivity contribution in [1.29, 1.82) is 0 Å². The minimum absolute atomic E-state index is 0.487. The molecule has 2 unspecified atom stereocenters. The standard InChI is InChI=1S/C13H25NO/c1-3-15-12-10-11(14-2)13(12)8-6-4-5-7-9-13/h11-12,14H,3-10H2,1-2H3. The van der Waals surface area contributed by atoms with Crippen molar-refractivity contribution >= 4 is 0 Å². The molecular formula is C13H25NO. The second-order valence-corrected chi connectivity index (χ2v) is 5.17. The Balaban J connectivity index is 2.04. The lowest BCUT2D eigenvalue weighted by molar-refractivity contribution is -0.139. The van der Waals surface area contributed by atoms with E-state index in [0.29, 0.717) is 17.6 Å².